The van der Waals surface area contributed by atoms with Crippen molar-refractivity contribution in [1.29, 1.82) is 0 Å². The van der Waals surface area contributed by atoms with Crippen LogP contribution in [0.2, 0.25) is 0 Å². The van der Waals surface area contributed by atoms with Gasteiger partial charge in [0.25, 0.3) is 0 Å². The Hall–Kier alpha value is -2.08. The predicted octanol–water partition coefficient (Wildman–Crippen LogP) is 5.34. The highest BCUT2D eigenvalue weighted by atomic mass is 32.2. The molecule has 0 saturated carbocycles. The van der Waals surface area contributed by atoms with E-state index in [1.807, 2.05) is 19.9 Å². The highest BCUT2D eigenvalue weighted by molar-refractivity contribution is 8.39. The van der Waals surface area contributed by atoms with E-state index in [-0.39, 0.29) is 5.12 Å². The molecule has 1 atom stereocenters. The number of hydrogen-bond donors (Lipinski definition) is 1. The highest BCUT2D eigenvalue weighted by Crippen LogP contribution is 2.42. The maximum atomic E-state index is 12.7. The lowest BCUT2D eigenvalue weighted by Crippen LogP contribution is -2.09. The van der Waals surface area contributed by atoms with Crippen molar-refractivity contribution in [2.45, 2.75) is 25.8 Å². The van der Waals surface area contributed by atoms with Gasteiger partial charge in [-0.1, -0.05) is 18.2 Å². The zero-order valence-corrected chi connectivity index (χ0v) is 14.1. The standard InChI is InChI=1S/C18H16F3NOS/c1-11-3-8-15-16(12(11)2)22-10-24(17(15)23)9-13-4-6-14(7-5-13)18(19,20)21/h3-8,10,24H,9H2,1-2H3. The summed E-state index contributed by atoms with van der Waals surface area (Å²) in [6, 6.07) is 8.66. The number of alkyl halides is 3. The molecule has 0 saturated heterocycles. The normalized spacial score (nSPS) is 18.5. The molecule has 2 aromatic carbocycles. The van der Waals surface area contributed by atoms with E-state index < -0.39 is 22.6 Å². The molecule has 1 heterocycles. The molecule has 0 amide bonds. The number of halogens is 3. The second-order valence-corrected chi connectivity index (χ2v) is 7.67. The summed E-state index contributed by atoms with van der Waals surface area (Å²) in [5.74, 6) is 0.405. The fourth-order valence-corrected chi connectivity index (χ4v) is 4.26. The minimum absolute atomic E-state index is 0.0259. The van der Waals surface area contributed by atoms with Crippen molar-refractivity contribution >= 4 is 27.2 Å². The van der Waals surface area contributed by atoms with E-state index >= 15 is 0 Å². The van der Waals surface area contributed by atoms with Crippen molar-refractivity contribution < 1.29 is 18.0 Å². The van der Waals surface area contributed by atoms with E-state index in [2.05, 4.69) is 4.99 Å². The molecule has 1 aliphatic heterocycles. The number of fused-ring (bicyclic) bond motifs is 1. The first-order chi connectivity index (χ1) is 11.3. The van der Waals surface area contributed by atoms with Crippen molar-refractivity contribution in [2.24, 2.45) is 4.99 Å². The molecular weight excluding hydrogens is 335 g/mol. The third-order valence-corrected chi connectivity index (χ3v) is 6.02. The van der Waals surface area contributed by atoms with Gasteiger partial charge in [0.1, 0.15) is 0 Å². The Morgan fingerprint density at radius 3 is 2.33 bits per heavy atom. The number of hydrogen-bond acceptors (Lipinski definition) is 2. The summed E-state index contributed by atoms with van der Waals surface area (Å²) in [7, 11) is -1.17. The predicted molar refractivity (Wildman–Crippen MR) is 92.5 cm³/mol. The molecular formula is C18H16F3NOS. The summed E-state index contributed by atoms with van der Waals surface area (Å²) in [4.78, 5) is 17.1. The van der Waals surface area contributed by atoms with Gasteiger partial charge in [-0.25, -0.2) is 0 Å². The van der Waals surface area contributed by atoms with Gasteiger partial charge >= 0.3 is 6.18 Å². The van der Waals surface area contributed by atoms with Crippen molar-refractivity contribution in [2.75, 3.05) is 0 Å². The first kappa shape index (κ1) is 16.8. The van der Waals surface area contributed by atoms with Crippen molar-refractivity contribution in [3.05, 3.63) is 64.2 Å². The van der Waals surface area contributed by atoms with E-state index in [0.717, 1.165) is 23.3 Å². The van der Waals surface area contributed by atoms with Gasteiger partial charge in [0.2, 0.25) is 5.12 Å². The number of carbonyl (C=O) groups excluding carboxylic acids is 1. The van der Waals surface area contributed by atoms with Crippen molar-refractivity contribution in [1.82, 2.24) is 0 Å². The van der Waals surface area contributed by atoms with E-state index in [1.54, 1.807) is 11.6 Å². The van der Waals surface area contributed by atoms with E-state index in [1.165, 1.54) is 12.1 Å². The number of aliphatic imine (C=N–C) groups is 1. The summed E-state index contributed by atoms with van der Waals surface area (Å²) in [6.07, 6.45) is -4.35. The SMILES string of the molecule is Cc1ccc2c(c1C)N=C[SH](Cc1ccc(C(F)(F)F)cc1)C2=O. The van der Waals surface area contributed by atoms with Gasteiger partial charge < -0.3 is 0 Å². The summed E-state index contributed by atoms with van der Waals surface area (Å²) < 4.78 is 37.8. The van der Waals surface area contributed by atoms with Crippen LogP contribution >= 0.6 is 10.9 Å². The minimum atomic E-state index is -4.35. The van der Waals surface area contributed by atoms with Crippen LogP contribution in [-0.2, 0) is 11.9 Å². The third kappa shape index (κ3) is 3.11. The Morgan fingerprint density at radius 1 is 1.04 bits per heavy atom. The second kappa shape index (κ2) is 6.09. The maximum Gasteiger partial charge on any atom is 0.416 e. The van der Waals surface area contributed by atoms with Crippen LogP contribution in [0.4, 0.5) is 18.9 Å². The lowest BCUT2D eigenvalue weighted by atomic mass is 10.0. The van der Waals surface area contributed by atoms with E-state index in [9.17, 15) is 18.0 Å². The molecule has 0 N–H and O–H groups in total. The third-order valence-electron chi connectivity index (χ3n) is 4.15. The molecule has 2 aromatic rings. The Bertz CT molecular complexity index is 825. The van der Waals surface area contributed by atoms with Gasteiger partial charge in [-0.3, -0.25) is 9.79 Å². The highest BCUT2D eigenvalue weighted by Gasteiger charge is 2.30. The molecule has 0 spiro atoms. The summed E-state index contributed by atoms with van der Waals surface area (Å²) in [5, 5.41) is 0.0259. The minimum Gasteiger partial charge on any atom is -0.283 e. The van der Waals surface area contributed by atoms with Crippen LogP contribution in [0.1, 0.15) is 32.6 Å². The molecule has 0 radical (unpaired) electrons. The number of benzene rings is 2. The molecule has 0 bridgehead atoms. The molecule has 2 nitrogen and oxygen atoms in total. The number of nitrogens with zero attached hydrogens (tertiary/aromatic N) is 1. The smallest absolute Gasteiger partial charge is 0.283 e. The van der Waals surface area contributed by atoms with Crippen LogP contribution in [-0.4, -0.2) is 10.7 Å². The fourth-order valence-electron chi connectivity index (χ4n) is 2.58. The Morgan fingerprint density at radius 2 is 1.71 bits per heavy atom. The Labute approximate surface area is 140 Å². The Kier molecular flexibility index (Phi) is 4.25. The Balaban J connectivity index is 1.83. The lowest BCUT2D eigenvalue weighted by Gasteiger charge is -2.22. The zero-order chi connectivity index (χ0) is 17.5. The average Bonchev–Trinajstić information content (AvgIpc) is 2.53. The average molecular weight is 351 g/mol. The first-order valence-electron chi connectivity index (χ1n) is 7.39. The van der Waals surface area contributed by atoms with Gasteiger partial charge in [0.05, 0.1) is 16.8 Å². The van der Waals surface area contributed by atoms with Gasteiger partial charge in [0, 0.05) is 11.3 Å². The summed E-state index contributed by atoms with van der Waals surface area (Å²) in [5.41, 5.74) is 5.09. The molecule has 6 heteroatoms. The van der Waals surface area contributed by atoms with Crippen molar-refractivity contribution in [3.8, 4) is 0 Å². The van der Waals surface area contributed by atoms with Crippen LogP contribution in [0.15, 0.2) is 41.4 Å². The number of carbonyl (C=O) groups is 1. The quantitative estimate of drug-likeness (QED) is 0.728. The lowest BCUT2D eigenvalue weighted by molar-refractivity contribution is -0.137. The van der Waals surface area contributed by atoms with Gasteiger partial charge in [-0.05, 0) is 48.7 Å². The van der Waals surface area contributed by atoms with Gasteiger partial charge in [0.15, 0.2) is 0 Å². The van der Waals surface area contributed by atoms with E-state index in [4.69, 9.17) is 0 Å². The number of rotatable bonds is 2. The van der Waals surface area contributed by atoms with Crippen LogP contribution < -0.4 is 0 Å². The maximum absolute atomic E-state index is 12.7. The fraction of sp³-hybridized carbons (Fsp3) is 0.222. The number of thiol groups is 1. The molecule has 1 aliphatic rings. The van der Waals surface area contributed by atoms with Gasteiger partial charge in [-0.15, -0.1) is 10.9 Å². The van der Waals surface area contributed by atoms with Crippen LogP contribution in [0.3, 0.4) is 0 Å². The monoisotopic (exact) mass is 351 g/mol. The van der Waals surface area contributed by atoms with Crippen LogP contribution in [0.5, 0.6) is 0 Å². The molecule has 24 heavy (non-hydrogen) atoms. The summed E-state index contributed by atoms with van der Waals surface area (Å²) in [6.45, 7) is 3.90. The zero-order valence-electron chi connectivity index (χ0n) is 13.2. The molecule has 0 fully saturated rings. The topological polar surface area (TPSA) is 29.4 Å². The summed E-state index contributed by atoms with van der Waals surface area (Å²) >= 11 is 0. The molecule has 1 unspecified atom stereocenters. The van der Waals surface area contributed by atoms with Crippen LogP contribution in [0.25, 0.3) is 0 Å². The van der Waals surface area contributed by atoms with Gasteiger partial charge in [-0.2, -0.15) is 13.2 Å². The largest absolute Gasteiger partial charge is 0.416 e. The molecule has 0 aliphatic carbocycles. The molecule has 126 valence electrons. The first-order valence-corrected chi connectivity index (χ1v) is 8.98. The molecule has 0 aromatic heterocycles. The second-order valence-electron chi connectivity index (χ2n) is 5.78. The number of aryl methyl sites for hydroxylation is 1. The van der Waals surface area contributed by atoms with Crippen LogP contribution in [0, 0.1) is 13.8 Å². The van der Waals surface area contributed by atoms with Crippen molar-refractivity contribution in [3.63, 3.8) is 0 Å². The van der Waals surface area contributed by atoms with E-state index in [0.29, 0.717) is 22.6 Å². The molecule has 3 rings (SSSR count).